The van der Waals surface area contributed by atoms with Crippen LogP contribution in [0.1, 0.15) is 32.7 Å². The molecule has 0 unspecified atom stereocenters. The third-order valence-corrected chi connectivity index (χ3v) is 5.45. The Bertz CT molecular complexity index is 960. The Morgan fingerprint density at radius 2 is 1.90 bits per heavy atom. The number of amides is 1. The van der Waals surface area contributed by atoms with E-state index in [0.717, 1.165) is 5.56 Å². The van der Waals surface area contributed by atoms with Gasteiger partial charge in [-0.1, -0.05) is 18.2 Å². The smallest absolute Gasteiger partial charge is 0.337 e. The van der Waals surface area contributed by atoms with Crippen LogP contribution < -0.4 is 4.74 Å². The van der Waals surface area contributed by atoms with Crippen LogP contribution in [0.5, 0.6) is 5.75 Å². The van der Waals surface area contributed by atoms with Crippen LogP contribution in [0.25, 0.3) is 0 Å². The second-order valence-electron chi connectivity index (χ2n) is 6.74. The zero-order chi connectivity index (χ0) is 21.1. The van der Waals surface area contributed by atoms with E-state index >= 15 is 0 Å². The molecule has 2 aromatic carbocycles. The van der Waals surface area contributed by atoms with Gasteiger partial charge in [0.15, 0.2) is 0 Å². The number of ether oxygens (including phenoxy) is 2. The lowest BCUT2D eigenvalue weighted by atomic mass is 10.1. The molecule has 1 aliphatic rings. The number of methoxy groups -OCH3 is 1. The molecule has 0 radical (unpaired) electrons. The van der Waals surface area contributed by atoms with E-state index in [1.54, 1.807) is 30.3 Å². The van der Waals surface area contributed by atoms with Crippen molar-refractivity contribution in [3.05, 3.63) is 63.6 Å². The Morgan fingerprint density at radius 3 is 2.52 bits per heavy atom. The molecule has 152 valence electrons. The first-order valence-electron chi connectivity index (χ1n) is 8.95. The van der Waals surface area contributed by atoms with Crippen molar-refractivity contribution < 1.29 is 29.0 Å². The first-order valence-corrected chi connectivity index (χ1v) is 9.75. The number of likely N-dealkylation sites (tertiary alicyclic amines) is 1. The molecule has 1 heterocycles. The van der Waals surface area contributed by atoms with E-state index in [2.05, 4.69) is 20.7 Å². The summed E-state index contributed by atoms with van der Waals surface area (Å²) in [6.07, 6.45) is -0.331. The lowest BCUT2D eigenvalue weighted by molar-refractivity contribution is -0.141. The van der Waals surface area contributed by atoms with Crippen LogP contribution in [0, 0.1) is 6.92 Å². The summed E-state index contributed by atoms with van der Waals surface area (Å²) in [7, 11) is 1.30. The molecule has 0 saturated carbocycles. The molecule has 3 rings (SSSR count). The van der Waals surface area contributed by atoms with Gasteiger partial charge in [-0.25, -0.2) is 9.59 Å². The number of aryl methyl sites for hydroxylation is 1. The number of carbonyl (C=O) groups is 3. The van der Waals surface area contributed by atoms with Crippen molar-refractivity contribution in [3.8, 4) is 5.75 Å². The maximum absolute atomic E-state index is 12.9. The molecule has 1 aliphatic heterocycles. The SMILES string of the molecule is COC(=O)c1ccc(O[C@H]2C[C@@H](C(=O)O)N(C(=O)c3ccccc3C)C2)c(Br)c1. The maximum Gasteiger partial charge on any atom is 0.337 e. The molecule has 29 heavy (non-hydrogen) atoms. The van der Waals surface area contributed by atoms with E-state index in [1.165, 1.54) is 12.0 Å². The van der Waals surface area contributed by atoms with Gasteiger partial charge < -0.3 is 19.5 Å². The molecule has 2 aromatic rings. The molecule has 0 aromatic heterocycles. The van der Waals surface area contributed by atoms with Crippen LogP contribution in [-0.2, 0) is 9.53 Å². The minimum absolute atomic E-state index is 0.148. The largest absolute Gasteiger partial charge is 0.487 e. The van der Waals surface area contributed by atoms with E-state index in [-0.39, 0.29) is 18.9 Å². The number of aliphatic carboxylic acids is 1. The number of carboxylic acid groups (broad SMARTS) is 1. The minimum atomic E-state index is -1.07. The number of hydrogen-bond donors (Lipinski definition) is 1. The lowest BCUT2D eigenvalue weighted by Crippen LogP contribution is -2.40. The van der Waals surface area contributed by atoms with Gasteiger partial charge in [0.1, 0.15) is 17.9 Å². The fraction of sp³-hybridized carbons (Fsp3) is 0.286. The van der Waals surface area contributed by atoms with Gasteiger partial charge in [-0.15, -0.1) is 0 Å². The first kappa shape index (κ1) is 20.9. The highest BCUT2D eigenvalue weighted by atomic mass is 79.9. The molecule has 2 atom stereocenters. The van der Waals surface area contributed by atoms with Crippen molar-refractivity contribution in [3.63, 3.8) is 0 Å². The van der Waals surface area contributed by atoms with Crippen molar-refractivity contribution in [2.75, 3.05) is 13.7 Å². The third kappa shape index (κ3) is 4.42. The summed E-state index contributed by atoms with van der Waals surface area (Å²) in [6, 6.07) is 10.8. The summed E-state index contributed by atoms with van der Waals surface area (Å²) < 4.78 is 11.2. The van der Waals surface area contributed by atoms with Crippen LogP contribution in [-0.4, -0.2) is 53.7 Å². The van der Waals surface area contributed by atoms with Gasteiger partial charge >= 0.3 is 11.9 Å². The predicted molar refractivity (Wildman–Crippen MR) is 108 cm³/mol. The fourth-order valence-corrected chi connectivity index (χ4v) is 3.80. The number of carboxylic acids is 1. The average Bonchev–Trinajstić information content (AvgIpc) is 3.13. The van der Waals surface area contributed by atoms with Crippen molar-refractivity contribution in [2.45, 2.75) is 25.5 Å². The Hall–Kier alpha value is -2.87. The number of esters is 1. The monoisotopic (exact) mass is 461 g/mol. The molecule has 1 saturated heterocycles. The highest BCUT2D eigenvalue weighted by Crippen LogP contribution is 2.31. The van der Waals surface area contributed by atoms with Crippen molar-refractivity contribution in [1.82, 2.24) is 4.90 Å². The quantitative estimate of drug-likeness (QED) is 0.686. The minimum Gasteiger partial charge on any atom is -0.487 e. The standard InChI is InChI=1S/C21H20BrNO6/c1-12-5-3-4-6-15(12)19(24)23-11-14(10-17(23)20(25)26)29-18-8-7-13(9-16(18)22)21(27)28-2/h3-9,14,17H,10-11H2,1-2H3,(H,25,26)/t14-,17-/m0/s1. The lowest BCUT2D eigenvalue weighted by Gasteiger charge is -2.22. The Labute approximate surface area is 176 Å². The molecule has 7 nitrogen and oxygen atoms in total. The highest BCUT2D eigenvalue weighted by molar-refractivity contribution is 9.10. The van der Waals surface area contributed by atoms with Crippen LogP contribution in [0.2, 0.25) is 0 Å². The van der Waals surface area contributed by atoms with Crippen molar-refractivity contribution in [1.29, 1.82) is 0 Å². The molecule has 1 amide bonds. The topological polar surface area (TPSA) is 93.1 Å². The van der Waals surface area contributed by atoms with Gasteiger partial charge in [-0.05, 0) is 52.7 Å². The summed E-state index contributed by atoms with van der Waals surface area (Å²) in [6.45, 7) is 1.96. The van der Waals surface area contributed by atoms with Crippen molar-refractivity contribution >= 4 is 33.8 Å². The number of benzene rings is 2. The molecule has 8 heteroatoms. The van der Waals surface area contributed by atoms with E-state index in [0.29, 0.717) is 21.3 Å². The van der Waals surface area contributed by atoms with Crippen molar-refractivity contribution in [2.24, 2.45) is 0 Å². The van der Waals surface area contributed by atoms with Gasteiger partial charge in [-0.3, -0.25) is 4.79 Å². The van der Waals surface area contributed by atoms with Gasteiger partial charge in [0, 0.05) is 12.0 Å². The molecule has 1 fully saturated rings. The van der Waals surface area contributed by atoms with Crippen LogP contribution in [0.15, 0.2) is 46.9 Å². The van der Waals surface area contributed by atoms with Crippen LogP contribution in [0.3, 0.4) is 0 Å². The summed E-state index contributed by atoms with van der Waals surface area (Å²) in [5.41, 5.74) is 1.62. The summed E-state index contributed by atoms with van der Waals surface area (Å²) in [4.78, 5) is 37.7. The second kappa shape index (κ2) is 8.65. The van der Waals surface area contributed by atoms with Crippen LogP contribution >= 0.6 is 15.9 Å². The average molecular weight is 462 g/mol. The summed E-state index contributed by atoms with van der Waals surface area (Å²) in [5.74, 6) is -1.42. The second-order valence-corrected chi connectivity index (χ2v) is 7.59. The van der Waals surface area contributed by atoms with Gasteiger partial charge in [-0.2, -0.15) is 0 Å². The molecule has 0 bridgehead atoms. The van der Waals surface area contributed by atoms with E-state index in [1.807, 2.05) is 19.1 Å². The van der Waals surface area contributed by atoms with E-state index < -0.39 is 24.1 Å². The van der Waals surface area contributed by atoms with Gasteiger partial charge in [0.2, 0.25) is 0 Å². The Kier molecular flexibility index (Phi) is 6.22. The van der Waals surface area contributed by atoms with Gasteiger partial charge in [0.25, 0.3) is 5.91 Å². The third-order valence-electron chi connectivity index (χ3n) is 4.83. The predicted octanol–water partition coefficient (Wildman–Crippen LogP) is 3.29. The zero-order valence-electron chi connectivity index (χ0n) is 15.9. The number of nitrogens with zero attached hydrogens (tertiary/aromatic N) is 1. The maximum atomic E-state index is 12.9. The Morgan fingerprint density at radius 1 is 1.17 bits per heavy atom. The number of rotatable bonds is 5. The molecular formula is C21H20BrNO6. The number of halogens is 1. The summed E-state index contributed by atoms with van der Waals surface area (Å²) in [5, 5.41) is 9.60. The molecular weight excluding hydrogens is 442 g/mol. The van der Waals surface area contributed by atoms with E-state index in [9.17, 15) is 19.5 Å². The first-order chi connectivity index (χ1) is 13.8. The Balaban J connectivity index is 1.79. The van der Waals surface area contributed by atoms with Crippen LogP contribution in [0.4, 0.5) is 0 Å². The fourth-order valence-electron chi connectivity index (χ4n) is 3.33. The summed E-state index contributed by atoms with van der Waals surface area (Å²) >= 11 is 3.36. The van der Waals surface area contributed by atoms with E-state index in [4.69, 9.17) is 4.74 Å². The molecule has 0 aliphatic carbocycles. The molecule has 1 N–H and O–H groups in total. The molecule has 0 spiro atoms. The zero-order valence-corrected chi connectivity index (χ0v) is 17.5. The normalized spacial score (nSPS) is 18.4. The number of carbonyl (C=O) groups excluding carboxylic acids is 2. The highest BCUT2D eigenvalue weighted by Gasteiger charge is 2.41. The van der Waals surface area contributed by atoms with Gasteiger partial charge in [0.05, 0.1) is 23.7 Å². The number of hydrogen-bond acceptors (Lipinski definition) is 5.